The van der Waals surface area contributed by atoms with Crippen LogP contribution < -0.4 is 4.74 Å². The van der Waals surface area contributed by atoms with Gasteiger partial charge in [-0.2, -0.15) is 0 Å². The van der Waals surface area contributed by atoms with Crippen LogP contribution in [0.3, 0.4) is 0 Å². The van der Waals surface area contributed by atoms with E-state index in [4.69, 9.17) is 9.47 Å². The van der Waals surface area contributed by atoms with Gasteiger partial charge in [-0.15, -0.1) is 0 Å². The third-order valence-electron chi connectivity index (χ3n) is 3.05. The van der Waals surface area contributed by atoms with Crippen LogP contribution in [0.5, 0.6) is 5.75 Å². The van der Waals surface area contributed by atoms with Gasteiger partial charge in [-0.25, -0.2) is 0 Å². The van der Waals surface area contributed by atoms with E-state index in [1.165, 1.54) is 0 Å². The molecule has 0 aromatic heterocycles. The van der Waals surface area contributed by atoms with Gasteiger partial charge in [0.05, 0.1) is 13.7 Å². The van der Waals surface area contributed by atoms with Crippen molar-refractivity contribution in [3.05, 3.63) is 29.8 Å². The van der Waals surface area contributed by atoms with Crippen molar-refractivity contribution < 1.29 is 19.4 Å². The molecule has 4 nitrogen and oxygen atoms in total. The Hall–Kier alpha value is -1.55. The lowest BCUT2D eigenvalue weighted by atomic mass is 9.79. The van der Waals surface area contributed by atoms with Crippen LogP contribution in [-0.2, 0) is 14.9 Å². The minimum Gasteiger partial charge on any atom is -0.496 e. The maximum atomic E-state index is 11.5. The first-order valence-corrected chi connectivity index (χ1v) is 5.15. The van der Waals surface area contributed by atoms with Gasteiger partial charge in [-0.1, -0.05) is 18.2 Å². The average Bonchev–Trinajstić information content (AvgIpc) is 2.79. The molecule has 0 bridgehead atoms. The van der Waals surface area contributed by atoms with E-state index in [0.717, 1.165) is 0 Å². The van der Waals surface area contributed by atoms with E-state index in [9.17, 15) is 9.90 Å². The Kier molecular flexibility index (Phi) is 2.83. The van der Waals surface area contributed by atoms with Gasteiger partial charge >= 0.3 is 5.97 Å². The maximum absolute atomic E-state index is 11.5. The van der Waals surface area contributed by atoms with Crippen molar-refractivity contribution in [2.24, 2.45) is 0 Å². The standard InChI is InChI=1S/C12H14O4/c1-15-10-5-3-2-4-9(10)12(11(13)14)6-7-16-8-12/h2-5H,6-8H2,1H3,(H,13,14). The summed E-state index contributed by atoms with van der Waals surface area (Å²) < 4.78 is 10.5. The molecule has 0 amide bonds. The second-order valence-corrected chi connectivity index (χ2v) is 3.89. The molecule has 0 saturated carbocycles. The number of methoxy groups -OCH3 is 1. The first kappa shape index (κ1) is 11.0. The van der Waals surface area contributed by atoms with Crippen LogP contribution in [0.15, 0.2) is 24.3 Å². The minimum absolute atomic E-state index is 0.211. The zero-order chi connectivity index (χ0) is 11.6. The number of hydrogen-bond donors (Lipinski definition) is 1. The van der Waals surface area contributed by atoms with Crippen LogP contribution in [0, 0.1) is 0 Å². The predicted molar refractivity (Wildman–Crippen MR) is 57.7 cm³/mol. The lowest BCUT2D eigenvalue weighted by molar-refractivity contribution is -0.143. The molecule has 86 valence electrons. The van der Waals surface area contributed by atoms with Gasteiger partial charge in [0.15, 0.2) is 0 Å². The van der Waals surface area contributed by atoms with E-state index in [-0.39, 0.29) is 6.61 Å². The van der Waals surface area contributed by atoms with Crippen LogP contribution in [0.1, 0.15) is 12.0 Å². The summed E-state index contributed by atoms with van der Waals surface area (Å²) in [6.45, 7) is 0.688. The van der Waals surface area contributed by atoms with Gasteiger partial charge in [0.1, 0.15) is 11.2 Å². The molecular weight excluding hydrogens is 208 g/mol. The lowest BCUT2D eigenvalue weighted by Gasteiger charge is -2.24. The molecule has 1 heterocycles. The molecule has 0 spiro atoms. The Labute approximate surface area is 93.8 Å². The van der Waals surface area contributed by atoms with E-state index in [1.54, 1.807) is 19.2 Å². The van der Waals surface area contributed by atoms with E-state index in [2.05, 4.69) is 0 Å². The topological polar surface area (TPSA) is 55.8 Å². The van der Waals surface area contributed by atoms with E-state index in [0.29, 0.717) is 24.3 Å². The van der Waals surface area contributed by atoms with Gasteiger partial charge in [0, 0.05) is 12.2 Å². The highest BCUT2D eigenvalue weighted by Gasteiger charge is 2.45. The average molecular weight is 222 g/mol. The van der Waals surface area contributed by atoms with Gasteiger partial charge in [0.2, 0.25) is 0 Å². The van der Waals surface area contributed by atoms with Crippen LogP contribution in [0.4, 0.5) is 0 Å². The second-order valence-electron chi connectivity index (χ2n) is 3.89. The summed E-state index contributed by atoms with van der Waals surface area (Å²) in [4.78, 5) is 11.5. The predicted octanol–water partition coefficient (Wildman–Crippen LogP) is 1.44. The zero-order valence-corrected chi connectivity index (χ0v) is 9.10. The van der Waals surface area contributed by atoms with Gasteiger partial charge in [-0.05, 0) is 12.5 Å². The van der Waals surface area contributed by atoms with Crippen molar-refractivity contribution in [3.63, 3.8) is 0 Å². The number of carboxylic acids is 1. The van der Waals surface area contributed by atoms with Crippen LogP contribution in [0.2, 0.25) is 0 Å². The molecule has 1 saturated heterocycles. The van der Waals surface area contributed by atoms with Gasteiger partial charge in [-0.3, -0.25) is 4.79 Å². The van der Waals surface area contributed by atoms with Crippen molar-refractivity contribution in [1.82, 2.24) is 0 Å². The Morgan fingerprint density at radius 3 is 2.81 bits per heavy atom. The quantitative estimate of drug-likeness (QED) is 0.840. The molecule has 1 aliphatic rings. The van der Waals surface area contributed by atoms with Crippen molar-refractivity contribution in [1.29, 1.82) is 0 Å². The second kappa shape index (κ2) is 4.14. The molecular formula is C12H14O4. The summed E-state index contributed by atoms with van der Waals surface area (Å²) in [7, 11) is 1.55. The molecule has 1 aliphatic heterocycles. The van der Waals surface area contributed by atoms with Crippen LogP contribution in [-0.4, -0.2) is 31.4 Å². The van der Waals surface area contributed by atoms with Gasteiger partial charge < -0.3 is 14.6 Å². The molecule has 1 N–H and O–H groups in total. The van der Waals surface area contributed by atoms with E-state index >= 15 is 0 Å². The first-order valence-electron chi connectivity index (χ1n) is 5.15. The van der Waals surface area contributed by atoms with Crippen molar-refractivity contribution >= 4 is 5.97 Å². The van der Waals surface area contributed by atoms with Crippen molar-refractivity contribution in [3.8, 4) is 5.75 Å². The summed E-state index contributed by atoms with van der Waals surface area (Å²) >= 11 is 0. The number of hydrogen-bond acceptors (Lipinski definition) is 3. The highest BCUT2D eigenvalue weighted by atomic mass is 16.5. The highest BCUT2D eigenvalue weighted by molar-refractivity contribution is 5.83. The summed E-state index contributed by atoms with van der Waals surface area (Å²) in [5, 5.41) is 9.40. The van der Waals surface area contributed by atoms with Crippen LogP contribution >= 0.6 is 0 Å². The molecule has 1 fully saturated rings. The molecule has 0 radical (unpaired) electrons. The number of ether oxygens (including phenoxy) is 2. The molecule has 2 rings (SSSR count). The monoisotopic (exact) mass is 222 g/mol. The summed E-state index contributed by atoms with van der Waals surface area (Å²) in [5.41, 5.74) is -0.255. The third-order valence-corrected chi connectivity index (χ3v) is 3.05. The normalized spacial score (nSPS) is 24.3. The number of rotatable bonds is 3. The SMILES string of the molecule is COc1ccccc1C1(C(=O)O)CCOC1. The molecule has 1 unspecified atom stereocenters. The summed E-state index contributed by atoms with van der Waals surface area (Å²) in [6, 6.07) is 7.22. The molecule has 1 aromatic rings. The lowest BCUT2D eigenvalue weighted by Crippen LogP contribution is -2.36. The Balaban J connectivity index is 2.51. The van der Waals surface area contributed by atoms with E-state index < -0.39 is 11.4 Å². The maximum Gasteiger partial charge on any atom is 0.316 e. The smallest absolute Gasteiger partial charge is 0.316 e. The van der Waals surface area contributed by atoms with Crippen molar-refractivity contribution in [2.45, 2.75) is 11.8 Å². The zero-order valence-electron chi connectivity index (χ0n) is 9.10. The number of benzene rings is 1. The highest BCUT2D eigenvalue weighted by Crippen LogP contribution is 2.38. The molecule has 1 atom stereocenters. The number of para-hydroxylation sites is 1. The number of carbonyl (C=O) groups is 1. The molecule has 4 heteroatoms. The number of carboxylic acid groups (broad SMARTS) is 1. The minimum atomic E-state index is -0.952. The van der Waals surface area contributed by atoms with Crippen LogP contribution in [0.25, 0.3) is 0 Å². The number of aliphatic carboxylic acids is 1. The molecule has 0 aliphatic carbocycles. The largest absolute Gasteiger partial charge is 0.496 e. The summed E-state index contributed by atoms with van der Waals surface area (Å²) in [5.74, 6) is -0.245. The Bertz CT molecular complexity index is 394. The third kappa shape index (κ3) is 1.55. The summed E-state index contributed by atoms with van der Waals surface area (Å²) in [6.07, 6.45) is 0.489. The van der Waals surface area contributed by atoms with Gasteiger partial charge in [0.25, 0.3) is 0 Å². The molecule has 1 aromatic carbocycles. The Morgan fingerprint density at radius 2 is 2.25 bits per heavy atom. The molecule has 16 heavy (non-hydrogen) atoms. The fourth-order valence-electron chi connectivity index (χ4n) is 2.10. The fourth-order valence-corrected chi connectivity index (χ4v) is 2.10. The fraction of sp³-hybridized carbons (Fsp3) is 0.417. The van der Waals surface area contributed by atoms with Crippen molar-refractivity contribution in [2.75, 3.05) is 20.3 Å². The first-order chi connectivity index (χ1) is 7.70. The van der Waals surface area contributed by atoms with E-state index in [1.807, 2.05) is 12.1 Å². The Morgan fingerprint density at radius 1 is 1.50 bits per heavy atom.